The summed E-state index contributed by atoms with van der Waals surface area (Å²) in [7, 11) is 1.55. The van der Waals surface area contributed by atoms with Gasteiger partial charge in [0.25, 0.3) is 0 Å². The summed E-state index contributed by atoms with van der Waals surface area (Å²) in [5.74, 6) is 1.16. The third-order valence-electron chi connectivity index (χ3n) is 2.89. The summed E-state index contributed by atoms with van der Waals surface area (Å²) in [5, 5.41) is 8.84. The van der Waals surface area contributed by atoms with Crippen LogP contribution in [0, 0.1) is 11.3 Å². The van der Waals surface area contributed by atoms with Gasteiger partial charge < -0.3 is 14.2 Å². The molecule has 0 radical (unpaired) electrons. The highest BCUT2D eigenvalue weighted by atomic mass is 16.5. The highest BCUT2D eigenvalue weighted by molar-refractivity contribution is 5.46. The van der Waals surface area contributed by atoms with Gasteiger partial charge in [0.2, 0.25) is 0 Å². The molecule has 21 heavy (non-hydrogen) atoms. The molecule has 4 nitrogen and oxygen atoms in total. The van der Waals surface area contributed by atoms with Crippen LogP contribution in [0.3, 0.4) is 0 Å². The maximum absolute atomic E-state index is 8.84. The van der Waals surface area contributed by atoms with Crippen molar-refractivity contribution >= 4 is 0 Å². The van der Waals surface area contributed by atoms with Crippen LogP contribution >= 0.6 is 0 Å². The van der Waals surface area contributed by atoms with E-state index in [1.807, 2.05) is 30.3 Å². The van der Waals surface area contributed by atoms with Crippen LogP contribution in [0.25, 0.3) is 0 Å². The van der Waals surface area contributed by atoms with Crippen molar-refractivity contribution in [1.82, 2.24) is 0 Å². The molecule has 2 rings (SSSR count). The monoisotopic (exact) mass is 283 g/mol. The van der Waals surface area contributed by atoms with Gasteiger partial charge in [0.15, 0.2) is 11.5 Å². The summed E-state index contributed by atoms with van der Waals surface area (Å²) >= 11 is 0. The summed E-state index contributed by atoms with van der Waals surface area (Å²) < 4.78 is 16.3. The molecule has 0 aromatic heterocycles. The quantitative estimate of drug-likeness (QED) is 0.732. The van der Waals surface area contributed by atoms with Crippen LogP contribution in [0.2, 0.25) is 0 Å². The lowest BCUT2D eigenvalue weighted by atomic mass is 10.2. The van der Waals surface area contributed by atoms with E-state index in [0.717, 1.165) is 5.56 Å². The molecular weight excluding hydrogens is 266 g/mol. The smallest absolute Gasteiger partial charge is 0.162 e. The summed E-state index contributed by atoms with van der Waals surface area (Å²) in [6.07, 6.45) is 0. The van der Waals surface area contributed by atoms with E-state index in [1.54, 1.807) is 25.3 Å². The molecular formula is C17H17NO3. The maximum Gasteiger partial charge on any atom is 0.162 e. The van der Waals surface area contributed by atoms with Gasteiger partial charge in [0.05, 0.1) is 32.0 Å². The molecule has 0 heterocycles. The number of hydrogen-bond donors (Lipinski definition) is 0. The molecule has 0 aliphatic heterocycles. The number of methoxy groups -OCH3 is 1. The maximum atomic E-state index is 8.84. The van der Waals surface area contributed by atoms with Gasteiger partial charge >= 0.3 is 0 Å². The van der Waals surface area contributed by atoms with E-state index in [2.05, 4.69) is 6.07 Å². The Kier molecular flexibility index (Phi) is 5.62. The van der Waals surface area contributed by atoms with Crippen molar-refractivity contribution in [2.45, 2.75) is 6.61 Å². The Bertz CT molecular complexity index is 605. The minimum absolute atomic E-state index is 0.426. The number of ether oxygens (including phenoxy) is 3. The largest absolute Gasteiger partial charge is 0.493 e. The Morgan fingerprint density at radius 3 is 2.52 bits per heavy atom. The fourth-order valence-corrected chi connectivity index (χ4v) is 1.83. The van der Waals surface area contributed by atoms with Gasteiger partial charge in [-0.2, -0.15) is 5.26 Å². The second-order valence-electron chi connectivity index (χ2n) is 4.36. The molecule has 0 amide bonds. The third kappa shape index (κ3) is 4.51. The first-order valence-corrected chi connectivity index (χ1v) is 6.66. The summed E-state index contributed by atoms with van der Waals surface area (Å²) in [4.78, 5) is 0. The van der Waals surface area contributed by atoms with Gasteiger partial charge in [-0.25, -0.2) is 0 Å². The highest BCUT2D eigenvalue weighted by Crippen LogP contribution is 2.27. The van der Waals surface area contributed by atoms with Crippen LogP contribution in [0.15, 0.2) is 48.5 Å². The molecule has 2 aromatic carbocycles. The number of nitriles is 1. The van der Waals surface area contributed by atoms with Crippen molar-refractivity contribution in [2.24, 2.45) is 0 Å². The lowest BCUT2D eigenvalue weighted by molar-refractivity contribution is 0.0880. The summed E-state index contributed by atoms with van der Waals surface area (Å²) in [5.41, 5.74) is 1.67. The van der Waals surface area contributed by atoms with Crippen LogP contribution in [0.4, 0.5) is 0 Å². The predicted octanol–water partition coefficient (Wildman–Crippen LogP) is 3.16. The zero-order chi connectivity index (χ0) is 14.9. The van der Waals surface area contributed by atoms with Crippen molar-refractivity contribution in [3.63, 3.8) is 0 Å². The first-order chi connectivity index (χ1) is 10.3. The molecule has 0 atom stereocenters. The molecule has 0 fully saturated rings. The second-order valence-corrected chi connectivity index (χ2v) is 4.36. The average Bonchev–Trinajstić information content (AvgIpc) is 2.55. The second kappa shape index (κ2) is 7.93. The lowest BCUT2D eigenvalue weighted by Crippen LogP contribution is -2.07. The predicted molar refractivity (Wildman–Crippen MR) is 79.3 cm³/mol. The van der Waals surface area contributed by atoms with Crippen LogP contribution in [-0.4, -0.2) is 20.3 Å². The van der Waals surface area contributed by atoms with Crippen molar-refractivity contribution in [2.75, 3.05) is 20.3 Å². The minimum atomic E-state index is 0.426. The van der Waals surface area contributed by atoms with Crippen molar-refractivity contribution in [3.8, 4) is 17.6 Å². The van der Waals surface area contributed by atoms with Crippen LogP contribution < -0.4 is 9.47 Å². The van der Waals surface area contributed by atoms with Gasteiger partial charge in [-0.3, -0.25) is 0 Å². The fraction of sp³-hybridized carbons (Fsp3) is 0.235. The van der Waals surface area contributed by atoms with Crippen LogP contribution in [0.5, 0.6) is 11.5 Å². The molecule has 108 valence electrons. The summed E-state index contributed by atoms with van der Waals surface area (Å²) in [6, 6.07) is 17.1. The Morgan fingerprint density at radius 2 is 1.81 bits per heavy atom. The third-order valence-corrected chi connectivity index (χ3v) is 2.89. The van der Waals surface area contributed by atoms with Gasteiger partial charge in [0, 0.05) is 6.07 Å². The molecule has 0 aliphatic carbocycles. The van der Waals surface area contributed by atoms with Crippen molar-refractivity contribution in [3.05, 3.63) is 59.7 Å². The molecule has 0 unspecified atom stereocenters. The van der Waals surface area contributed by atoms with E-state index in [1.165, 1.54) is 0 Å². The van der Waals surface area contributed by atoms with E-state index < -0.39 is 0 Å². The molecule has 0 saturated heterocycles. The first kappa shape index (κ1) is 14.9. The number of benzene rings is 2. The zero-order valence-electron chi connectivity index (χ0n) is 11.9. The Labute approximate surface area is 124 Å². The SMILES string of the molecule is COc1cc(C#N)ccc1OCCOCc1ccccc1. The van der Waals surface area contributed by atoms with Gasteiger partial charge in [0.1, 0.15) is 6.61 Å². The van der Waals surface area contributed by atoms with E-state index in [0.29, 0.717) is 36.9 Å². The number of hydrogen-bond acceptors (Lipinski definition) is 4. The van der Waals surface area contributed by atoms with E-state index in [-0.39, 0.29) is 0 Å². The van der Waals surface area contributed by atoms with E-state index in [9.17, 15) is 0 Å². The molecule has 0 bridgehead atoms. The zero-order valence-corrected chi connectivity index (χ0v) is 11.9. The first-order valence-electron chi connectivity index (χ1n) is 6.66. The molecule has 0 spiro atoms. The number of rotatable bonds is 7. The lowest BCUT2D eigenvalue weighted by Gasteiger charge is -2.11. The molecule has 4 heteroatoms. The van der Waals surface area contributed by atoms with E-state index >= 15 is 0 Å². The Morgan fingerprint density at radius 1 is 1.00 bits per heavy atom. The van der Waals surface area contributed by atoms with Gasteiger partial charge in [-0.1, -0.05) is 30.3 Å². The molecule has 0 N–H and O–H groups in total. The van der Waals surface area contributed by atoms with Crippen molar-refractivity contribution in [1.29, 1.82) is 5.26 Å². The molecule has 2 aromatic rings. The van der Waals surface area contributed by atoms with Crippen molar-refractivity contribution < 1.29 is 14.2 Å². The van der Waals surface area contributed by atoms with Crippen LogP contribution in [0.1, 0.15) is 11.1 Å². The summed E-state index contributed by atoms with van der Waals surface area (Å²) in [6.45, 7) is 1.47. The minimum Gasteiger partial charge on any atom is -0.493 e. The Hall–Kier alpha value is -2.51. The topological polar surface area (TPSA) is 51.5 Å². The van der Waals surface area contributed by atoms with E-state index in [4.69, 9.17) is 19.5 Å². The average molecular weight is 283 g/mol. The Balaban J connectivity index is 1.77. The van der Waals surface area contributed by atoms with Gasteiger partial charge in [-0.15, -0.1) is 0 Å². The normalized spacial score (nSPS) is 9.90. The highest BCUT2D eigenvalue weighted by Gasteiger charge is 2.05. The molecule has 0 saturated carbocycles. The fourth-order valence-electron chi connectivity index (χ4n) is 1.83. The standard InChI is InChI=1S/C17H17NO3/c1-19-17-11-15(12-18)7-8-16(17)21-10-9-20-13-14-5-3-2-4-6-14/h2-8,11H,9-10,13H2,1H3. The van der Waals surface area contributed by atoms with Gasteiger partial charge in [-0.05, 0) is 17.7 Å². The van der Waals surface area contributed by atoms with Crippen LogP contribution in [-0.2, 0) is 11.3 Å². The molecule has 0 aliphatic rings. The number of nitrogens with zero attached hydrogens (tertiary/aromatic N) is 1.